The summed E-state index contributed by atoms with van der Waals surface area (Å²) in [6.07, 6.45) is -4.29. The lowest BCUT2D eigenvalue weighted by Crippen LogP contribution is -2.18. The van der Waals surface area contributed by atoms with Crippen molar-refractivity contribution < 1.29 is 17.9 Å². The van der Waals surface area contributed by atoms with E-state index in [4.69, 9.17) is 11.6 Å². The van der Waals surface area contributed by atoms with Crippen LogP contribution in [-0.4, -0.2) is 19.4 Å². The van der Waals surface area contributed by atoms with E-state index in [1.165, 1.54) is 0 Å². The van der Waals surface area contributed by atoms with Crippen LogP contribution in [0.4, 0.5) is 13.2 Å². The molecule has 0 saturated heterocycles. The lowest BCUT2D eigenvalue weighted by molar-refractivity contribution is -0.173. The smallest absolute Gasteiger partial charge is 0.371 e. The number of benzene rings is 1. The lowest BCUT2D eigenvalue weighted by Gasteiger charge is -2.12. The predicted octanol–water partition coefficient (Wildman–Crippen LogP) is 4.35. The third kappa shape index (κ3) is 5.18. The van der Waals surface area contributed by atoms with Crippen LogP contribution >= 0.6 is 27.5 Å². The summed E-state index contributed by atoms with van der Waals surface area (Å²) in [4.78, 5) is -0.271. The van der Waals surface area contributed by atoms with E-state index in [0.29, 0.717) is 5.02 Å². The van der Waals surface area contributed by atoms with E-state index in [0.717, 1.165) is 5.56 Å². The molecule has 0 aliphatic heterocycles. The Kier molecular flexibility index (Phi) is 5.08. The van der Waals surface area contributed by atoms with E-state index >= 15 is 0 Å². The Morgan fingerprint density at radius 1 is 1.25 bits per heavy atom. The standard InChI is InChI=1S/C10H9BrClF3O/c11-9(5-16-6-10(13,14)15)7-1-3-8(12)4-2-7/h1-4,9H,5-6H2. The molecule has 0 bridgehead atoms. The zero-order valence-electron chi connectivity index (χ0n) is 8.10. The van der Waals surface area contributed by atoms with Gasteiger partial charge in [-0.25, -0.2) is 0 Å². The van der Waals surface area contributed by atoms with E-state index in [2.05, 4.69) is 20.7 Å². The van der Waals surface area contributed by atoms with Gasteiger partial charge in [-0.1, -0.05) is 39.7 Å². The van der Waals surface area contributed by atoms with E-state index < -0.39 is 12.8 Å². The summed E-state index contributed by atoms with van der Waals surface area (Å²) in [7, 11) is 0. The molecule has 1 atom stereocenters. The molecule has 0 heterocycles. The van der Waals surface area contributed by atoms with Gasteiger partial charge < -0.3 is 4.74 Å². The molecule has 0 spiro atoms. The van der Waals surface area contributed by atoms with Crippen LogP contribution in [0.2, 0.25) is 5.02 Å². The van der Waals surface area contributed by atoms with Gasteiger partial charge in [0.1, 0.15) is 6.61 Å². The van der Waals surface area contributed by atoms with Crippen molar-refractivity contribution in [1.82, 2.24) is 0 Å². The first-order chi connectivity index (χ1) is 7.38. The maximum absolute atomic E-state index is 11.8. The highest BCUT2D eigenvalue weighted by molar-refractivity contribution is 9.09. The van der Waals surface area contributed by atoms with E-state index in [9.17, 15) is 13.2 Å². The summed E-state index contributed by atoms with van der Waals surface area (Å²) in [5, 5.41) is 0.583. The quantitative estimate of drug-likeness (QED) is 0.750. The molecule has 6 heteroatoms. The number of halogens is 5. The van der Waals surface area contributed by atoms with Gasteiger partial charge >= 0.3 is 6.18 Å². The lowest BCUT2D eigenvalue weighted by atomic mass is 10.2. The second kappa shape index (κ2) is 5.89. The fourth-order valence-electron chi connectivity index (χ4n) is 1.05. The molecule has 0 fully saturated rings. The summed E-state index contributed by atoms with van der Waals surface area (Å²) >= 11 is 8.93. The zero-order chi connectivity index (χ0) is 12.2. The molecule has 1 rings (SSSR count). The first-order valence-corrected chi connectivity index (χ1v) is 5.72. The third-order valence-electron chi connectivity index (χ3n) is 1.76. The van der Waals surface area contributed by atoms with Crippen LogP contribution in [0.25, 0.3) is 0 Å². The van der Waals surface area contributed by atoms with Crippen LogP contribution in [0.1, 0.15) is 10.4 Å². The van der Waals surface area contributed by atoms with Gasteiger partial charge in [0.25, 0.3) is 0 Å². The first kappa shape index (κ1) is 13.8. The van der Waals surface area contributed by atoms with Gasteiger partial charge in [0.2, 0.25) is 0 Å². The minimum atomic E-state index is -4.29. The van der Waals surface area contributed by atoms with Crippen LogP contribution in [0.3, 0.4) is 0 Å². The van der Waals surface area contributed by atoms with Crippen molar-refractivity contribution in [2.75, 3.05) is 13.2 Å². The molecule has 1 unspecified atom stereocenters. The van der Waals surface area contributed by atoms with Crippen molar-refractivity contribution in [3.8, 4) is 0 Å². The molecule has 1 aromatic rings. The topological polar surface area (TPSA) is 9.23 Å². The van der Waals surface area contributed by atoms with Crippen molar-refractivity contribution in [3.05, 3.63) is 34.9 Å². The molecule has 16 heavy (non-hydrogen) atoms. The van der Waals surface area contributed by atoms with Crippen molar-refractivity contribution in [3.63, 3.8) is 0 Å². The van der Waals surface area contributed by atoms with Crippen molar-refractivity contribution in [1.29, 1.82) is 0 Å². The van der Waals surface area contributed by atoms with Gasteiger partial charge in [0.05, 0.1) is 11.4 Å². The van der Waals surface area contributed by atoms with Gasteiger partial charge in [-0.3, -0.25) is 0 Å². The molecule has 0 amide bonds. The van der Waals surface area contributed by atoms with Crippen molar-refractivity contribution >= 4 is 27.5 Å². The Morgan fingerprint density at radius 3 is 2.31 bits per heavy atom. The third-order valence-corrected chi connectivity index (χ3v) is 2.81. The molecule has 0 aliphatic rings. The minimum absolute atomic E-state index is 0.0405. The Balaban J connectivity index is 2.41. The average Bonchev–Trinajstić information content (AvgIpc) is 2.16. The zero-order valence-corrected chi connectivity index (χ0v) is 10.4. The fourth-order valence-corrected chi connectivity index (χ4v) is 1.66. The molecule has 1 nitrogen and oxygen atoms in total. The molecule has 0 aromatic heterocycles. The largest absolute Gasteiger partial charge is 0.411 e. The van der Waals surface area contributed by atoms with Crippen LogP contribution in [0.15, 0.2) is 24.3 Å². The molecule has 0 N–H and O–H groups in total. The van der Waals surface area contributed by atoms with Gasteiger partial charge in [-0.05, 0) is 17.7 Å². The Morgan fingerprint density at radius 2 is 1.81 bits per heavy atom. The maximum Gasteiger partial charge on any atom is 0.411 e. The Bertz CT molecular complexity index is 326. The van der Waals surface area contributed by atoms with Gasteiger partial charge in [-0.15, -0.1) is 0 Å². The highest BCUT2D eigenvalue weighted by atomic mass is 79.9. The SMILES string of the molecule is FC(F)(F)COCC(Br)c1ccc(Cl)cc1. The number of alkyl halides is 4. The van der Waals surface area contributed by atoms with Gasteiger partial charge in [-0.2, -0.15) is 13.2 Å². The highest BCUT2D eigenvalue weighted by Gasteiger charge is 2.27. The van der Waals surface area contributed by atoms with Gasteiger partial charge in [0.15, 0.2) is 0 Å². The minimum Gasteiger partial charge on any atom is -0.371 e. The maximum atomic E-state index is 11.8. The number of rotatable bonds is 4. The Hall–Kier alpha value is -0.260. The number of hydrogen-bond donors (Lipinski definition) is 0. The monoisotopic (exact) mass is 316 g/mol. The molecule has 0 aliphatic carbocycles. The van der Waals surface area contributed by atoms with Crippen LogP contribution in [0, 0.1) is 0 Å². The Labute approximate surface area is 105 Å². The van der Waals surface area contributed by atoms with Crippen molar-refractivity contribution in [2.24, 2.45) is 0 Å². The molecule has 0 radical (unpaired) electrons. The normalized spacial score (nSPS) is 13.8. The number of hydrogen-bond acceptors (Lipinski definition) is 1. The molecular weight excluding hydrogens is 308 g/mol. The summed E-state index contributed by atoms with van der Waals surface area (Å²) in [6.45, 7) is -1.27. The number of ether oxygens (including phenoxy) is 1. The van der Waals surface area contributed by atoms with Crippen LogP contribution < -0.4 is 0 Å². The summed E-state index contributed by atoms with van der Waals surface area (Å²) in [6, 6.07) is 6.82. The van der Waals surface area contributed by atoms with Crippen LogP contribution in [0.5, 0.6) is 0 Å². The van der Waals surface area contributed by atoms with Gasteiger partial charge in [0, 0.05) is 5.02 Å². The van der Waals surface area contributed by atoms with Crippen molar-refractivity contribution in [2.45, 2.75) is 11.0 Å². The van der Waals surface area contributed by atoms with E-state index in [1.54, 1.807) is 24.3 Å². The molecule has 0 saturated carbocycles. The van der Waals surface area contributed by atoms with Crippen LogP contribution in [-0.2, 0) is 4.74 Å². The second-order valence-electron chi connectivity index (χ2n) is 3.15. The fraction of sp³-hybridized carbons (Fsp3) is 0.400. The summed E-state index contributed by atoms with van der Waals surface area (Å²) in [5.41, 5.74) is 0.826. The summed E-state index contributed by atoms with van der Waals surface area (Å²) < 4.78 is 40.0. The molecule has 90 valence electrons. The van der Waals surface area contributed by atoms with E-state index in [-0.39, 0.29) is 11.4 Å². The molecule has 1 aromatic carbocycles. The molecular formula is C10H9BrClF3O. The average molecular weight is 318 g/mol. The second-order valence-corrected chi connectivity index (χ2v) is 4.69. The summed E-state index contributed by atoms with van der Waals surface area (Å²) in [5.74, 6) is 0. The first-order valence-electron chi connectivity index (χ1n) is 4.42. The highest BCUT2D eigenvalue weighted by Crippen LogP contribution is 2.25. The predicted molar refractivity (Wildman–Crippen MR) is 60.0 cm³/mol. The van der Waals surface area contributed by atoms with E-state index in [1.807, 2.05) is 0 Å².